The number of benzene rings is 1. The molecular weight excluding hydrogens is 208 g/mol. The molecule has 1 aromatic heterocycles. The Bertz CT molecular complexity index is 554. The van der Waals surface area contributed by atoms with Crippen molar-refractivity contribution in [2.75, 3.05) is 5.06 Å². The van der Waals surface area contributed by atoms with Gasteiger partial charge in [-0.15, -0.1) is 0 Å². The van der Waals surface area contributed by atoms with E-state index in [1.54, 1.807) is 24.3 Å². The molecule has 1 heterocycles. The summed E-state index contributed by atoms with van der Waals surface area (Å²) in [4.78, 5) is 11.1. The van der Waals surface area contributed by atoms with Gasteiger partial charge in [0.15, 0.2) is 6.20 Å². The van der Waals surface area contributed by atoms with Crippen LogP contribution in [0.1, 0.15) is 6.92 Å². The monoisotopic (exact) mass is 218 g/mol. The molecule has 1 N–H and O–H groups in total. The van der Waals surface area contributed by atoms with Crippen LogP contribution in [0.4, 0.5) is 5.69 Å². The fourth-order valence-corrected chi connectivity index (χ4v) is 1.55. The second kappa shape index (κ2) is 3.79. The van der Waals surface area contributed by atoms with Crippen LogP contribution in [0.2, 0.25) is 0 Å². The maximum Gasteiger partial charge on any atom is 0.247 e. The van der Waals surface area contributed by atoms with Crippen LogP contribution in [0, 0.1) is 5.21 Å². The Morgan fingerprint density at radius 2 is 2.06 bits per heavy atom. The highest BCUT2D eigenvalue weighted by molar-refractivity contribution is 5.99. The van der Waals surface area contributed by atoms with Gasteiger partial charge in [-0.2, -0.15) is 9.79 Å². The Hall–Kier alpha value is -2.14. The van der Waals surface area contributed by atoms with E-state index in [1.807, 2.05) is 0 Å². The van der Waals surface area contributed by atoms with Crippen LogP contribution in [0.5, 0.6) is 0 Å². The fourth-order valence-electron chi connectivity index (χ4n) is 1.55. The van der Waals surface area contributed by atoms with Gasteiger partial charge in [-0.25, -0.2) is 0 Å². The van der Waals surface area contributed by atoms with Gasteiger partial charge in [0.25, 0.3) is 0 Å². The molecule has 1 amide bonds. The van der Waals surface area contributed by atoms with Crippen LogP contribution in [0.25, 0.3) is 10.9 Å². The molecule has 0 fully saturated rings. The zero-order valence-corrected chi connectivity index (χ0v) is 8.62. The molecule has 0 aliphatic rings. The molecule has 0 atom stereocenters. The lowest BCUT2D eigenvalue weighted by molar-refractivity contribution is -0.576. The predicted octanol–water partition coefficient (Wildman–Crippen LogP) is 1.22. The van der Waals surface area contributed by atoms with Crippen molar-refractivity contribution in [2.24, 2.45) is 0 Å². The van der Waals surface area contributed by atoms with E-state index in [9.17, 15) is 15.2 Å². The topological polar surface area (TPSA) is 67.5 Å². The standard InChI is InChI=1S/C11H10N2O3/c1-8(14)13(16)11-6-7-12(15)10-5-3-2-4-9(10)11/h2-7,16H,1H3. The summed E-state index contributed by atoms with van der Waals surface area (Å²) in [6, 6.07) is 8.15. The molecule has 2 rings (SSSR count). The number of pyridine rings is 1. The molecular formula is C11H10N2O3. The Balaban J connectivity index is 2.72. The van der Waals surface area contributed by atoms with Gasteiger partial charge in [-0.05, 0) is 6.07 Å². The molecule has 5 nitrogen and oxygen atoms in total. The third-order valence-corrected chi connectivity index (χ3v) is 2.31. The van der Waals surface area contributed by atoms with Gasteiger partial charge in [0.05, 0.1) is 11.1 Å². The van der Waals surface area contributed by atoms with Gasteiger partial charge in [0.2, 0.25) is 11.4 Å². The molecule has 16 heavy (non-hydrogen) atoms. The molecule has 0 saturated heterocycles. The molecule has 5 heteroatoms. The number of amides is 1. The number of carbonyl (C=O) groups is 1. The Labute approximate surface area is 91.7 Å². The maximum absolute atomic E-state index is 11.5. The number of anilines is 1. The number of hydroxylamine groups is 1. The quantitative estimate of drug-likeness (QED) is 0.338. The van der Waals surface area contributed by atoms with E-state index in [0.717, 1.165) is 0 Å². The number of nitrogens with zero attached hydrogens (tertiary/aromatic N) is 2. The number of fused-ring (bicyclic) bond motifs is 1. The number of hydrogen-bond donors (Lipinski definition) is 1. The third kappa shape index (κ3) is 1.57. The molecule has 2 aromatic rings. The second-order valence-corrected chi connectivity index (χ2v) is 3.37. The first-order chi connectivity index (χ1) is 7.61. The molecule has 0 bridgehead atoms. The van der Waals surface area contributed by atoms with Crippen LogP contribution in [-0.4, -0.2) is 11.1 Å². The summed E-state index contributed by atoms with van der Waals surface area (Å²) in [7, 11) is 0. The Morgan fingerprint density at radius 1 is 1.38 bits per heavy atom. The SMILES string of the molecule is CC(=O)N(O)c1cc[n+]([O-])c2ccccc12. The van der Waals surface area contributed by atoms with Crippen LogP contribution >= 0.6 is 0 Å². The minimum absolute atomic E-state index is 0.301. The second-order valence-electron chi connectivity index (χ2n) is 3.37. The number of aromatic nitrogens is 1. The zero-order valence-electron chi connectivity index (χ0n) is 8.62. The van der Waals surface area contributed by atoms with Crippen molar-refractivity contribution in [2.45, 2.75) is 6.92 Å². The van der Waals surface area contributed by atoms with Gasteiger partial charge in [0.1, 0.15) is 0 Å². The van der Waals surface area contributed by atoms with E-state index in [1.165, 1.54) is 19.2 Å². The number of carbonyl (C=O) groups excluding carboxylic acids is 1. The Morgan fingerprint density at radius 3 is 2.75 bits per heavy atom. The van der Waals surface area contributed by atoms with E-state index in [4.69, 9.17) is 0 Å². The molecule has 0 unspecified atom stereocenters. The number of rotatable bonds is 1. The highest BCUT2D eigenvalue weighted by Crippen LogP contribution is 2.22. The summed E-state index contributed by atoms with van der Waals surface area (Å²) in [5, 5.41) is 22.1. The first-order valence-corrected chi connectivity index (χ1v) is 4.72. The fraction of sp³-hybridized carbons (Fsp3) is 0.0909. The minimum atomic E-state index is -0.506. The zero-order chi connectivity index (χ0) is 11.7. The highest BCUT2D eigenvalue weighted by atomic mass is 16.5. The molecule has 1 aromatic carbocycles. The van der Waals surface area contributed by atoms with Crippen molar-refractivity contribution < 1.29 is 14.7 Å². The number of hydrogen-bond acceptors (Lipinski definition) is 3. The molecule has 82 valence electrons. The van der Waals surface area contributed by atoms with Gasteiger partial charge in [-0.1, -0.05) is 12.1 Å². The average Bonchev–Trinajstić information content (AvgIpc) is 2.29. The van der Waals surface area contributed by atoms with Gasteiger partial charge >= 0.3 is 0 Å². The summed E-state index contributed by atoms with van der Waals surface area (Å²) in [6.07, 6.45) is 1.25. The molecule has 0 aliphatic heterocycles. The van der Waals surface area contributed by atoms with Crippen molar-refractivity contribution in [3.8, 4) is 0 Å². The van der Waals surface area contributed by atoms with Gasteiger partial charge < -0.3 is 5.21 Å². The molecule has 0 saturated carbocycles. The Kier molecular flexibility index (Phi) is 2.46. The van der Waals surface area contributed by atoms with Crippen LogP contribution < -0.4 is 9.79 Å². The smallest absolute Gasteiger partial charge is 0.247 e. The lowest BCUT2D eigenvalue weighted by atomic mass is 10.2. The lowest BCUT2D eigenvalue weighted by Crippen LogP contribution is -2.29. The van der Waals surface area contributed by atoms with Crippen molar-refractivity contribution >= 4 is 22.5 Å². The first kappa shape index (κ1) is 10.4. The summed E-state index contributed by atoms with van der Waals surface area (Å²) >= 11 is 0. The van der Waals surface area contributed by atoms with Crippen LogP contribution in [0.3, 0.4) is 0 Å². The highest BCUT2D eigenvalue weighted by Gasteiger charge is 2.15. The van der Waals surface area contributed by atoms with E-state index in [2.05, 4.69) is 0 Å². The van der Waals surface area contributed by atoms with Gasteiger partial charge in [0, 0.05) is 19.1 Å². The molecule has 0 radical (unpaired) electrons. The summed E-state index contributed by atoms with van der Waals surface area (Å²) < 4.78 is 0.687. The van der Waals surface area contributed by atoms with E-state index in [-0.39, 0.29) is 0 Å². The van der Waals surface area contributed by atoms with Crippen molar-refractivity contribution in [1.82, 2.24) is 0 Å². The summed E-state index contributed by atoms with van der Waals surface area (Å²) in [5.41, 5.74) is 0.704. The van der Waals surface area contributed by atoms with E-state index < -0.39 is 5.91 Å². The molecule has 0 aliphatic carbocycles. The van der Waals surface area contributed by atoms with Crippen LogP contribution in [0.15, 0.2) is 36.5 Å². The number of para-hydroxylation sites is 1. The maximum atomic E-state index is 11.5. The van der Waals surface area contributed by atoms with Crippen molar-refractivity contribution in [3.05, 3.63) is 41.7 Å². The average molecular weight is 218 g/mol. The predicted molar refractivity (Wildman–Crippen MR) is 57.9 cm³/mol. The first-order valence-electron chi connectivity index (χ1n) is 4.72. The van der Waals surface area contributed by atoms with E-state index in [0.29, 0.717) is 26.4 Å². The van der Waals surface area contributed by atoms with Gasteiger partial charge in [-0.3, -0.25) is 10.0 Å². The minimum Gasteiger partial charge on any atom is -0.618 e. The van der Waals surface area contributed by atoms with Crippen molar-refractivity contribution in [3.63, 3.8) is 0 Å². The normalized spacial score (nSPS) is 10.4. The summed E-state index contributed by atoms with van der Waals surface area (Å²) in [6.45, 7) is 1.24. The van der Waals surface area contributed by atoms with E-state index >= 15 is 0 Å². The molecule has 0 spiro atoms. The van der Waals surface area contributed by atoms with Crippen LogP contribution in [-0.2, 0) is 4.79 Å². The lowest BCUT2D eigenvalue weighted by Gasteiger charge is -2.14. The largest absolute Gasteiger partial charge is 0.618 e. The third-order valence-electron chi connectivity index (χ3n) is 2.31. The van der Waals surface area contributed by atoms with Crippen molar-refractivity contribution in [1.29, 1.82) is 0 Å². The summed E-state index contributed by atoms with van der Waals surface area (Å²) in [5.74, 6) is -0.506.